The number of aryl methyl sites for hydroxylation is 1. The van der Waals surface area contributed by atoms with Crippen LogP contribution in [0.5, 0.6) is 0 Å². The topological polar surface area (TPSA) is 49.3 Å². The van der Waals surface area contributed by atoms with E-state index in [0.717, 1.165) is 16.9 Å². The summed E-state index contributed by atoms with van der Waals surface area (Å²) in [6.45, 7) is 1.80. The van der Waals surface area contributed by atoms with Crippen LogP contribution in [0.25, 0.3) is 10.8 Å². The summed E-state index contributed by atoms with van der Waals surface area (Å²) in [5, 5.41) is 14.7. The van der Waals surface area contributed by atoms with Gasteiger partial charge < -0.3 is 10.4 Å². The summed E-state index contributed by atoms with van der Waals surface area (Å²) in [4.78, 5) is 11.0. The molecule has 0 aromatic heterocycles. The van der Waals surface area contributed by atoms with Crippen LogP contribution >= 0.6 is 0 Å². The summed E-state index contributed by atoms with van der Waals surface area (Å²) in [6.07, 6.45) is 0. The Hall–Kier alpha value is -2.81. The largest absolute Gasteiger partial charge is 0.478 e. The molecule has 0 aliphatic heterocycles. The molecule has 0 spiro atoms. The summed E-state index contributed by atoms with van der Waals surface area (Å²) >= 11 is 0. The van der Waals surface area contributed by atoms with Crippen molar-refractivity contribution in [1.82, 2.24) is 0 Å². The highest BCUT2D eigenvalue weighted by atomic mass is 16.4. The molecule has 0 fully saturated rings. The molecule has 21 heavy (non-hydrogen) atoms. The summed E-state index contributed by atoms with van der Waals surface area (Å²) in [5.41, 5.74) is 2.94. The lowest BCUT2D eigenvalue weighted by atomic mass is 10.1. The Kier molecular flexibility index (Phi) is 3.32. The van der Waals surface area contributed by atoms with Gasteiger partial charge in [-0.1, -0.05) is 30.3 Å². The number of hydrogen-bond acceptors (Lipinski definition) is 2. The lowest BCUT2D eigenvalue weighted by molar-refractivity contribution is 0.0696. The predicted molar refractivity (Wildman–Crippen MR) is 85.4 cm³/mol. The van der Waals surface area contributed by atoms with Crippen molar-refractivity contribution in [3.63, 3.8) is 0 Å². The van der Waals surface area contributed by atoms with Crippen molar-refractivity contribution in [3.8, 4) is 0 Å². The van der Waals surface area contributed by atoms with Crippen molar-refractivity contribution >= 4 is 28.1 Å². The van der Waals surface area contributed by atoms with Gasteiger partial charge in [0.2, 0.25) is 0 Å². The Balaban J connectivity index is 1.91. The Labute approximate surface area is 122 Å². The van der Waals surface area contributed by atoms with E-state index in [0.29, 0.717) is 5.56 Å². The van der Waals surface area contributed by atoms with Gasteiger partial charge in [0.25, 0.3) is 0 Å². The average molecular weight is 277 g/mol. The van der Waals surface area contributed by atoms with Gasteiger partial charge in [-0.3, -0.25) is 0 Å². The molecule has 104 valence electrons. The quantitative estimate of drug-likeness (QED) is 0.736. The van der Waals surface area contributed by atoms with Crippen LogP contribution in [0.15, 0.2) is 60.7 Å². The van der Waals surface area contributed by atoms with Gasteiger partial charge in [0, 0.05) is 11.4 Å². The van der Waals surface area contributed by atoms with Crippen molar-refractivity contribution in [2.45, 2.75) is 6.92 Å². The minimum absolute atomic E-state index is 0.332. The van der Waals surface area contributed by atoms with Gasteiger partial charge in [0.15, 0.2) is 0 Å². The molecule has 0 bridgehead atoms. The summed E-state index contributed by atoms with van der Waals surface area (Å²) in [6, 6.07) is 19.6. The first-order valence-corrected chi connectivity index (χ1v) is 6.73. The van der Waals surface area contributed by atoms with Gasteiger partial charge in [-0.2, -0.15) is 0 Å². The third-order valence-electron chi connectivity index (χ3n) is 3.49. The highest BCUT2D eigenvalue weighted by Crippen LogP contribution is 2.23. The van der Waals surface area contributed by atoms with Crippen LogP contribution in [-0.4, -0.2) is 11.1 Å². The molecule has 3 heteroatoms. The molecule has 0 saturated carbocycles. The van der Waals surface area contributed by atoms with Crippen LogP contribution in [0.1, 0.15) is 15.9 Å². The molecule has 0 radical (unpaired) electrons. The molecule has 0 saturated heterocycles. The summed E-state index contributed by atoms with van der Waals surface area (Å²) in [5.74, 6) is -0.898. The number of nitrogens with one attached hydrogen (secondary N) is 1. The number of fused-ring (bicyclic) bond motifs is 1. The van der Waals surface area contributed by atoms with Crippen LogP contribution < -0.4 is 5.32 Å². The fraction of sp³-hybridized carbons (Fsp3) is 0.0556. The van der Waals surface area contributed by atoms with Gasteiger partial charge in [-0.15, -0.1) is 0 Å². The third kappa shape index (κ3) is 2.72. The standard InChI is InChI=1S/C18H15NO2/c1-12-10-15(8-9-17(12)18(20)21)19-16-7-6-13-4-2-3-5-14(13)11-16/h2-11,19H,1H3,(H,20,21). The van der Waals surface area contributed by atoms with Crippen molar-refractivity contribution in [1.29, 1.82) is 0 Å². The average Bonchev–Trinajstić information content (AvgIpc) is 2.47. The fourth-order valence-corrected chi connectivity index (χ4v) is 2.42. The van der Waals surface area contributed by atoms with E-state index in [2.05, 4.69) is 29.6 Å². The van der Waals surface area contributed by atoms with Crippen LogP contribution in [0.4, 0.5) is 11.4 Å². The molecule has 3 aromatic carbocycles. The Morgan fingerprint density at radius 2 is 1.57 bits per heavy atom. The highest BCUT2D eigenvalue weighted by molar-refractivity contribution is 5.90. The molecule has 0 amide bonds. The molecule has 3 rings (SSSR count). The number of anilines is 2. The fourth-order valence-electron chi connectivity index (χ4n) is 2.42. The molecular formula is C18H15NO2. The van der Waals surface area contributed by atoms with Crippen LogP contribution in [0.2, 0.25) is 0 Å². The summed E-state index contributed by atoms with van der Waals surface area (Å²) < 4.78 is 0. The lowest BCUT2D eigenvalue weighted by Crippen LogP contribution is -2.00. The zero-order valence-electron chi connectivity index (χ0n) is 11.6. The minimum Gasteiger partial charge on any atom is -0.478 e. The second-order valence-corrected chi connectivity index (χ2v) is 5.02. The number of carbonyl (C=O) groups is 1. The van der Waals surface area contributed by atoms with Crippen molar-refractivity contribution in [2.24, 2.45) is 0 Å². The van der Waals surface area contributed by atoms with E-state index in [1.165, 1.54) is 10.8 Å². The predicted octanol–water partition coefficient (Wildman–Crippen LogP) is 4.59. The highest BCUT2D eigenvalue weighted by Gasteiger charge is 2.07. The van der Waals surface area contributed by atoms with Gasteiger partial charge >= 0.3 is 5.97 Å². The molecule has 0 unspecified atom stereocenters. The van der Waals surface area contributed by atoms with Gasteiger partial charge in [0.1, 0.15) is 0 Å². The van der Waals surface area contributed by atoms with Gasteiger partial charge in [-0.25, -0.2) is 4.79 Å². The SMILES string of the molecule is Cc1cc(Nc2ccc3ccccc3c2)ccc1C(=O)O. The molecule has 0 aliphatic carbocycles. The van der Waals surface area contributed by atoms with Crippen molar-refractivity contribution in [2.75, 3.05) is 5.32 Å². The second kappa shape index (κ2) is 5.29. The maximum Gasteiger partial charge on any atom is 0.335 e. The van der Waals surface area contributed by atoms with E-state index in [1.54, 1.807) is 19.1 Å². The van der Waals surface area contributed by atoms with E-state index in [1.807, 2.05) is 24.3 Å². The van der Waals surface area contributed by atoms with Crippen LogP contribution in [0, 0.1) is 6.92 Å². The molecular weight excluding hydrogens is 262 g/mol. The second-order valence-electron chi connectivity index (χ2n) is 5.02. The normalized spacial score (nSPS) is 10.5. The maximum atomic E-state index is 11.0. The smallest absolute Gasteiger partial charge is 0.335 e. The Morgan fingerprint density at radius 1 is 0.905 bits per heavy atom. The van der Waals surface area contributed by atoms with E-state index in [9.17, 15) is 4.79 Å². The molecule has 0 heterocycles. The minimum atomic E-state index is -0.898. The molecule has 0 aliphatic rings. The summed E-state index contributed by atoms with van der Waals surface area (Å²) in [7, 11) is 0. The van der Waals surface area contributed by atoms with Crippen molar-refractivity contribution in [3.05, 3.63) is 71.8 Å². The number of benzene rings is 3. The maximum absolute atomic E-state index is 11.0. The Bertz CT molecular complexity index is 824. The van der Waals surface area contributed by atoms with E-state index in [4.69, 9.17) is 5.11 Å². The monoisotopic (exact) mass is 277 g/mol. The molecule has 3 nitrogen and oxygen atoms in total. The van der Waals surface area contributed by atoms with Crippen molar-refractivity contribution < 1.29 is 9.90 Å². The number of rotatable bonds is 3. The third-order valence-corrected chi connectivity index (χ3v) is 3.49. The van der Waals surface area contributed by atoms with Gasteiger partial charge in [-0.05, 0) is 53.6 Å². The zero-order chi connectivity index (χ0) is 14.8. The molecule has 2 N–H and O–H groups in total. The van der Waals surface area contributed by atoms with Gasteiger partial charge in [0.05, 0.1) is 5.56 Å². The number of carboxylic acids is 1. The molecule has 3 aromatic rings. The Morgan fingerprint density at radius 3 is 2.29 bits per heavy atom. The van der Waals surface area contributed by atoms with Crippen LogP contribution in [-0.2, 0) is 0 Å². The first kappa shape index (κ1) is 13.2. The van der Waals surface area contributed by atoms with Crippen LogP contribution in [0.3, 0.4) is 0 Å². The first-order chi connectivity index (χ1) is 10.1. The number of hydrogen-bond donors (Lipinski definition) is 2. The lowest BCUT2D eigenvalue weighted by Gasteiger charge is -2.10. The number of carboxylic acid groups (broad SMARTS) is 1. The van der Waals surface area contributed by atoms with E-state index >= 15 is 0 Å². The number of aromatic carboxylic acids is 1. The molecule has 0 atom stereocenters. The van der Waals surface area contributed by atoms with E-state index < -0.39 is 5.97 Å². The van der Waals surface area contributed by atoms with E-state index in [-0.39, 0.29) is 0 Å². The first-order valence-electron chi connectivity index (χ1n) is 6.73. The zero-order valence-corrected chi connectivity index (χ0v) is 11.6.